The Kier molecular flexibility index (Phi) is 3.92. The maximum Gasteiger partial charge on any atom is 0.222 e. The van der Waals surface area contributed by atoms with Gasteiger partial charge in [0, 0.05) is 11.8 Å². The minimum atomic E-state index is -0.0336. The highest BCUT2D eigenvalue weighted by molar-refractivity contribution is 5.35. The monoisotopic (exact) mass is 245 g/mol. The number of hydrogen-bond donors (Lipinski definition) is 2. The number of rotatable bonds is 4. The molecule has 94 valence electrons. The second kappa shape index (κ2) is 5.62. The summed E-state index contributed by atoms with van der Waals surface area (Å²) in [6, 6.07) is 9.04. The van der Waals surface area contributed by atoms with Crippen molar-refractivity contribution in [3.8, 4) is 11.6 Å². The fourth-order valence-corrected chi connectivity index (χ4v) is 1.63. The molecule has 2 aromatic rings. The molecule has 1 heterocycles. The first kappa shape index (κ1) is 12.5. The van der Waals surface area contributed by atoms with E-state index in [1.54, 1.807) is 18.3 Å². The van der Waals surface area contributed by atoms with Gasteiger partial charge in [-0.1, -0.05) is 12.1 Å². The predicted molar refractivity (Wildman–Crippen MR) is 67.3 cm³/mol. The zero-order valence-electron chi connectivity index (χ0n) is 10.1. The van der Waals surface area contributed by atoms with Gasteiger partial charge in [0.2, 0.25) is 5.88 Å². The summed E-state index contributed by atoms with van der Waals surface area (Å²) in [5.41, 5.74) is 2.40. The molecule has 4 heteroatoms. The molecule has 0 atom stereocenters. The minimum Gasteiger partial charge on any atom is -0.439 e. The van der Waals surface area contributed by atoms with Gasteiger partial charge in [-0.25, -0.2) is 4.98 Å². The Balaban J connectivity index is 2.22. The topological polar surface area (TPSA) is 62.6 Å². The second-order valence-corrected chi connectivity index (χ2v) is 4.03. The predicted octanol–water partition coefficient (Wildman–Crippen LogP) is 2.17. The van der Waals surface area contributed by atoms with Crippen molar-refractivity contribution in [2.24, 2.45) is 0 Å². The van der Waals surface area contributed by atoms with Gasteiger partial charge in [0.25, 0.3) is 0 Å². The Morgan fingerprint density at radius 3 is 2.56 bits per heavy atom. The molecule has 4 nitrogen and oxygen atoms in total. The Labute approximate surface area is 106 Å². The molecule has 1 aromatic carbocycles. The van der Waals surface area contributed by atoms with E-state index in [0.717, 1.165) is 16.7 Å². The molecule has 0 fully saturated rings. The van der Waals surface area contributed by atoms with Crippen molar-refractivity contribution >= 4 is 0 Å². The van der Waals surface area contributed by atoms with Crippen molar-refractivity contribution in [1.29, 1.82) is 0 Å². The molecule has 0 unspecified atom stereocenters. The van der Waals surface area contributed by atoms with E-state index in [2.05, 4.69) is 4.98 Å². The summed E-state index contributed by atoms with van der Waals surface area (Å²) in [7, 11) is 0. The van der Waals surface area contributed by atoms with Gasteiger partial charge in [-0.2, -0.15) is 0 Å². The number of aliphatic hydroxyl groups excluding tert-OH is 2. The van der Waals surface area contributed by atoms with Crippen LogP contribution in [-0.4, -0.2) is 15.2 Å². The van der Waals surface area contributed by atoms with Gasteiger partial charge in [-0.3, -0.25) is 0 Å². The zero-order valence-corrected chi connectivity index (χ0v) is 10.1. The maximum absolute atomic E-state index is 9.05. The number of benzene rings is 1. The van der Waals surface area contributed by atoms with E-state index in [-0.39, 0.29) is 13.2 Å². The van der Waals surface area contributed by atoms with E-state index in [0.29, 0.717) is 11.6 Å². The first-order valence-corrected chi connectivity index (χ1v) is 5.67. The average Bonchev–Trinajstić information content (AvgIpc) is 2.41. The van der Waals surface area contributed by atoms with Gasteiger partial charge in [0.05, 0.1) is 13.2 Å². The smallest absolute Gasteiger partial charge is 0.222 e. The van der Waals surface area contributed by atoms with Crippen molar-refractivity contribution in [2.75, 3.05) is 0 Å². The fourth-order valence-electron chi connectivity index (χ4n) is 1.63. The van der Waals surface area contributed by atoms with Crippen LogP contribution in [0.4, 0.5) is 0 Å². The van der Waals surface area contributed by atoms with Crippen molar-refractivity contribution in [3.05, 3.63) is 53.2 Å². The van der Waals surface area contributed by atoms with Crippen LogP contribution in [0.1, 0.15) is 16.7 Å². The molecular weight excluding hydrogens is 230 g/mol. The summed E-state index contributed by atoms with van der Waals surface area (Å²) in [5.74, 6) is 1.14. The first-order chi connectivity index (χ1) is 8.72. The Morgan fingerprint density at radius 1 is 1.11 bits per heavy atom. The molecule has 0 saturated carbocycles. The van der Waals surface area contributed by atoms with E-state index < -0.39 is 0 Å². The molecular formula is C14H15NO3. The fraction of sp³-hybridized carbons (Fsp3) is 0.214. The van der Waals surface area contributed by atoms with E-state index in [4.69, 9.17) is 14.9 Å². The number of pyridine rings is 1. The van der Waals surface area contributed by atoms with E-state index >= 15 is 0 Å². The molecule has 0 spiro atoms. The quantitative estimate of drug-likeness (QED) is 0.866. The van der Waals surface area contributed by atoms with Gasteiger partial charge in [-0.15, -0.1) is 0 Å². The lowest BCUT2D eigenvalue weighted by molar-refractivity contribution is 0.280. The minimum absolute atomic E-state index is 0.0208. The summed E-state index contributed by atoms with van der Waals surface area (Å²) in [6.45, 7) is 1.82. The molecule has 2 N–H and O–H groups in total. The van der Waals surface area contributed by atoms with E-state index in [1.807, 2.05) is 25.1 Å². The largest absolute Gasteiger partial charge is 0.439 e. The van der Waals surface area contributed by atoms with Crippen LogP contribution in [0.15, 0.2) is 36.5 Å². The van der Waals surface area contributed by atoms with Gasteiger partial charge >= 0.3 is 0 Å². The van der Waals surface area contributed by atoms with E-state index in [1.165, 1.54) is 0 Å². The summed E-state index contributed by atoms with van der Waals surface area (Å²) in [4.78, 5) is 4.16. The Morgan fingerprint density at radius 2 is 1.89 bits per heavy atom. The highest BCUT2D eigenvalue weighted by Gasteiger charge is 2.04. The summed E-state index contributed by atoms with van der Waals surface area (Å²) >= 11 is 0. The summed E-state index contributed by atoms with van der Waals surface area (Å²) in [6.07, 6.45) is 1.58. The number of hydrogen-bond acceptors (Lipinski definition) is 4. The van der Waals surface area contributed by atoms with Crippen LogP contribution in [0.5, 0.6) is 11.6 Å². The normalized spacial score (nSPS) is 10.4. The van der Waals surface area contributed by atoms with Gasteiger partial charge in [0.15, 0.2) is 0 Å². The maximum atomic E-state index is 9.05. The van der Waals surface area contributed by atoms with Crippen LogP contribution < -0.4 is 4.74 Å². The highest BCUT2D eigenvalue weighted by Crippen LogP contribution is 2.24. The average molecular weight is 245 g/mol. The Bertz CT molecular complexity index is 540. The van der Waals surface area contributed by atoms with Crippen LogP contribution >= 0.6 is 0 Å². The Hall–Kier alpha value is -1.91. The third-order valence-corrected chi connectivity index (χ3v) is 2.56. The van der Waals surface area contributed by atoms with Crippen LogP contribution in [0, 0.1) is 6.92 Å². The van der Waals surface area contributed by atoms with Crippen LogP contribution in [0.25, 0.3) is 0 Å². The molecule has 0 aliphatic heterocycles. The first-order valence-electron chi connectivity index (χ1n) is 5.67. The summed E-state index contributed by atoms with van der Waals surface area (Å²) in [5, 5.41) is 18.1. The number of ether oxygens (including phenoxy) is 1. The molecule has 0 radical (unpaired) electrons. The van der Waals surface area contributed by atoms with Crippen molar-refractivity contribution < 1.29 is 14.9 Å². The second-order valence-electron chi connectivity index (χ2n) is 4.03. The van der Waals surface area contributed by atoms with Crippen molar-refractivity contribution in [2.45, 2.75) is 20.1 Å². The molecule has 0 aliphatic carbocycles. The number of nitrogens with zero attached hydrogens (tertiary/aromatic N) is 1. The van der Waals surface area contributed by atoms with Crippen molar-refractivity contribution in [3.63, 3.8) is 0 Å². The van der Waals surface area contributed by atoms with Gasteiger partial charge in [0.1, 0.15) is 5.75 Å². The van der Waals surface area contributed by atoms with Crippen LogP contribution in [0.3, 0.4) is 0 Å². The number of aromatic nitrogens is 1. The summed E-state index contributed by atoms with van der Waals surface area (Å²) < 4.78 is 5.65. The molecule has 0 amide bonds. The van der Waals surface area contributed by atoms with Gasteiger partial charge in [-0.05, 0) is 36.2 Å². The van der Waals surface area contributed by atoms with Crippen molar-refractivity contribution in [1.82, 2.24) is 4.98 Å². The molecule has 0 bridgehead atoms. The van der Waals surface area contributed by atoms with E-state index in [9.17, 15) is 0 Å². The molecule has 1 aromatic heterocycles. The van der Waals surface area contributed by atoms with Crippen LogP contribution in [-0.2, 0) is 13.2 Å². The standard InChI is InChI=1S/C14H15NO3/c1-10-5-12(9-17)7-15-14(10)18-13-4-2-3-11(6-13)8-16/h2-7,16-17H,8-9H2,1H3. The third-order valence-electron chi connectivity index (χ3n) is 2.56. The highest BCUT2D eigenvalue weighted by atomic mass is 16.5. The lowest BCUT2D eigenvalue weighted by Crippen LogP contribution is -1.94. The zero-order chi connectivity index (χ0) is 13.0. The van der Waals surface area contributed by atoms with Crippen LogP contribution in [0.2, 0.25) is 0 Å². The molecule has 2 rings (SSSR count). The number of aliphatic hydroxyl groups is 2. The SMILES string of the molecule is Cc1cc(CO)cnc1Oc1cccc(CO)c1. The molecule has 0 aliphatic rings. The lowest BCUT2D eigenvalue weighted by atomic mass is 10.2. The number of aryl methyl sites for hydroxylation is 1. The molecule has 0 saturated heterocycles. The molecule has 18 heavy (non-hydrogen) atoms. The van der Waals surface area contributed by atoms with Gasteiger partial charge < -0.3 is 14.9 Å². The lowest BCUT2D eigenvalue weighted by Gasteiger charge is -2.09. The third kappa shape index (κ3) is 2.85.